The van der Waals surface area contributed by atoms with Crippen molar-refractivity contribution in [2.75, 3.05) is 6.61 Å². The van der Waals surface area contributed by atoms with Crippen LogP contribution in [0.2, 0.25) is 0 Å². The lowest BCUT2D eigenvalue weighted by molar-refractivity contribution is -0.123. The summed E-state index contributed by atoms with van der Waals surface area (Å²) in [6.45, 7) is 1.21. The van der Waals surface area contributed by atoms with Crippen LogP contribution in [-0.2, 0) is 24.2 Å². The van der Waals surface area contributed by atoms with E-state index < -0.39 is 6.04 Å². The van der Waals surface area contributed by atoms with Gasteiger partial charge in [-0.15, -0.1) is 0 Å². The highest BCUT2D eigenvalue weighted by atomic mass is 16.5. The molecule has 2 aliphatic heterocycles. The predicted molar refractivity (Wildman–Crippen MR) is 93.5 cm³/mol. The van der Waals surface area contributed by atoms with E-state index in [0.29, 0.717) is 18.5 Å². The fourth-order valence-corrected chi connectivity index (χ4v) is 3.42. The lowest BCUT2D eigenvalue weighted by Gasteiger charge is -2.25. The fraction of sp³-hybridized carbons (Fsp3) is 0.300. The van der Waals surface area contributed by atoms with Gasteiger partial charge in [-0.3, -0.25) is 9.59 Å². The monoisotopic (exact) mass is 336 g/mol. The summed E-state index contributed by atoms with van der Waals surface area (Å²) < 4.78 is 5.61. The molecule has 0 saturated carbocycles. The molecule has 0 spiro atoms. The Balaban J connectivity index is 1.40. The van der Waals surface area contributed by atoms with E-state index in [-0.39, 0.29) is 11.8 Å². The summed E-state index contributed by atoms with van der Waals surface area (Å²) in [6, 6.07) is 12.9. The minimum absolute atomic E-state index is 0.156. The number of nitrogens with one attached hydrogen (secondary N) is 2. The number of aryl methyl sites for hydroxylation is 1. The number of hydrogen-bond donors (Lipinski definition) is 2. The molecule has 0 aliphatic carbocycles. The molecule has 2 heterocycles. The molecule has 0 fully saturated rings. The Labute approximate surface area is 146 Å². The van der Waals surface area contributed by atoms with E-state index >= 15 is 0 Å². The Morgan fingerprint density at radius 3 is 3.00 bits per heavy atom. The summed E-state index contributed by atoms with van der Waals surface area (Å²) in [5.74, 6) is 0.599. The molecule has 2 aliphatic rings. The summed E-state index contributed by atoms with van der Waals surface area (Å²) in [4.78, 5) is 24.6. The highest BCUT2D eigenvalue weighted by molar-refractivity contribution is 6.00. The van der Waals surface area contributed by atoms with Crippen molar-refractivity contribution in [2.45, 2.75) is 31.8 Å². The molecule has 128 valence electrons. The first-order valence-corrected chi connectivity index (χ1v) is 8.62. The third kappa shape index (κ3) is 3.22. The number of carbonyl (C=O) groups is 2. The third-order valence-corrected chi connectivity index (χ3v) is 4.75. The van der Waals surface area contributed by atoms with Gasteiger partial charge in [-0.2, -0.15) is 0 Å². The second kappa shape index (κ2) is 6.59. The van der Waals surface area contributed by atoms with Crippen LogP contribution < -0.4 is 15.4 Å². The highest BCUT2D eigenvalue weighted by Crippen LogP contribution is 2.25. The van der Waals surface area contributed by atoms with Crippen LogP contribution in [0.25, 0.3) is 0 Å². The van der Waals surface area contributed by atoms with Crippen LogP contribution in [0, 0.1) is 0 Å². The molecule has 0 saturated heterocycles. The maximum absolute atomic E-state index is 12.5. The summed E-state index contributed by atoms with van der Waals surface area (Å²) in [6.07, 6.45) is 2.55. The van der Waals surface area contributed by atoms with Gasteiger partial charge in [0.15, 0.2) is 0 Å². The zero-order valence-electron chi connectivity index (χ0n) is 13.9. The Bertz CT molecular complexity index is 831. The first kappa shape index (κ1) is 15.7. The standard InChI is InChI=1S/C20H20N2O3/c23-19-16-6-2-1-4-14(16)11-17(22-19)20(24)21-12-13-7-8-18-15(10-13)5-3-9-25-18/h1-2,4,6-8,10,17H,3,5,9,11-12H2,(H,21,24)(H,22,23)/t17-/m0/s1. The van der Waals surface area contributed by atoms with Crippen molar-refractivity contribution in [1.29, 1.82) is 0 Å². The topological polar surface area (TPSA) is 67.4 Å². The van der Waals surface area contributed by atoms with E-state index in [1.807, 2.05) is 30.3 Å². The second-order valence-electron chi connectivity index (χ2n) is 6.50. The Kier molecular flexibility index (Phi) is 4.14. The molecule has 2 amide bonds. The van der Waals surface area contributed by atoms with E-state index in [4.69, 9.17) is 4.74 Å². The van der Waals surface area contributed by atoms with Gasteiger partial charge in [0.1, 0.15) is 11.8 Å². The van der Waals surface area contributed by atoms with Gasteiger partial charge in [0.05, 0.1) is 6.61 Å². The zero-order chi connectivity index (χ0) is 17.2. The molecule has 0 radical (unpaired) electrons. The van der Waals surface area contributed by atoms with Crippen LogP contribution >= 0.6 is 0 Å². The van der Waals surface area contributed by atoms with Crippen LogP contribution in [0.1, 0.15) is 33.5 Å². The number of hydrogen-bond acceptors (Lipinski definition) is 3. The van der Waals surface area contributed by atoms with Gasteiger partial charge in [0, 0.05) is 18.5 Å². The lowest BCUT2D eigenvalue weighted by atomic mass is 9.95. The Morgan fingerprint density at radius 2 is 2.08 bits per heavy atom. The van der Waals surface area contributed by atoms with E-state index in [0.717, 1.165) is 36.3 Å². The van der Waals surface area contributed by atoms with Gasteiger partial charge < -0.3 is 15.4 Å². The van der Waals surface area contributed by atoms with Gasteiger partial charge in [0.25, 0.3) is 5.91 Å². The molecule has 0 unspecified atom stereocenters. The van der Waals surface area contributed by atoms with Crippen molar-refractivity contribution >= 4 is 11.8 Å². The van der Waals surface area contributed by atoms with Crippen molar-refractivity contribution in [2.24, 2.45) is 0 Å². The summed E-state index contributed by atoms with van der Waals surface area (Å²) in [7, 11) is 0. The van der Waals surface area contributed by atoms with Crippen molar-refractivity contribution in [1.82, 2.24) is 10.6 Å². The van der Waals surface area contributed by atoms with Gasteiger partial charge in [-0.25, -0.2) is 0 Å². The smallest absolute Gasteiger partial charge is 0.252 e. The van der Waals surface area contributed by atoms with Gasteiger partial charge in [-0.1, -0.05) is 30.3 Å². The normalized spacial score (nSPS) is 18.4. The lowest BCUT2D eigenvalue weighted by Crippen LogP contribution is -2.50. The van der Waals surface area contributed by atoms with E-state index in [1.54, 1.807) is 6.07 Å². The number of carbonyl (C=O) groups excluding carboxylic acids is 2. The number of benzene rings is 2. The van der Waals surface area contributed by atoms with Crippen LogP contribution in [0.4, 0.5) is 0 Å². The number of rotatable bonds is 3. The molecule has 4 rings (SSSR count). The minimum atomic E-state index is -0.525. The van der Waals surface area contributed by atoms with Gasteiger partial charge in [-0.05, 0) is 41.7 Å². The van der Waals surface area contributed by atoms with Gasteiger partial charge >= 0.3 is 0 Å². The summed E-state index contributed by atoms with van der Waals surface area (Å²) >= 11 is 0. The van der Waals surface area contributed by atoms with Crippen molar-refractivity contribution < 1.29 is 14.3 Å². The van der Waals surface area contributed by atoms with E-state index in [1.165, 1.54) is 5.56 Å². The fourth-order valence-electron chi connectivity index (χ4n) is 3.42. The molecule has 0 aromatic heterocycles. The molecule has 2 aromatic rings. The molecular weight excluding hydrogens is 316 g/mol. The summed E-state index contributed by atoms with van der Waals surface area (Å²) in [5.41, 5.74) is 3.80. The molecule has 2 aromatic carbocycles. The van der Waals surface area contributed by atoms with Crippen LogP contribution in [0.5, 0.6) is 5.75 Å². The Hall–Kier alpha value is -2.82. The number of fused-ring (bicyclic) bond motifs is 2. The van der Waals surface area contributed by atoms with Crippen molar-refractivity contribution in [3.63, 3.8) is 0 Å². The average molecular weight is 336 g/mol. The molecule has 25 heavy (non-hydrogen) atoms. The van der Waals surface area contributed by atoms with Crippen LogP contribution in [0.15, 0.2) is 42.5 Å². The SMILES string of the molecule is O=C1N[C@H](C(=O)NCc2ccc3c(c2)CCCO3)Cc2ccccc21. The van der Waals surface area contributed by atoms with Crippen LogP contribution in [-0.4, -0.2) is 24.5 Å². The third-order valence-electron chi connectivity index (χ3n) is 4.75. The number of ether oxygens (including phenoxy) is 1. The quantitative estimate of drug-likeness (QED) is 0.901. The second-order valence-corrected chi connectivity index (χ2v) is 6.50. The molecular formula is C20H20N2O3. The average Bonchev–Trinajstić information content (AvgIpc) is 2.66. The first-order chi connectivity index (χ1) is 12.2. The zero-order valence-corrected chi connectivity index (χ0v) is 13.9. The minimum Gasteiger partial charge on any atom is -0.493 e. The largest absolute Gasteiger partial charge is 0.493 e. The molecule has 5 nitrogen and oxygen atoms in total. The first-order valence-electron chi connectivity index (χ1n) is 8.62. The molecule has 2 N–H and O–H groups in total. The van der Waals surface area contributed by atoms with Gasteiger partial charge in [0.2, 0.25) is 5.91 Å². The maximum Gasteiger partial charge on any atom is 0.252 e. The van der Waals surface area contributed by atoms with Crippen LogP contribution in [0.3, 0.4) is 0 Å². The van der Waals surface area contributed by atoms with E-state index in [2.05, 4.69) is 16.7 Å². The Morgan fingerprint density at radius 1 is 1.20 bits per heavy atom. The highest BCUT2D eigenvalue weighted by Gasteiger charge is 2.28. The number of amides is 2. The van der Waals surface area contributed by atoms with E-state index in [9.17, 15) is 9.59 Å². The van der Waals surface area contributed by atoms with Crippen molar-refractivity contribution in [3.05, 3.63) is 64.7 Å². The molecule has 5 heteroatoms. The van der Waals surface area contributed by atoms with Crippen molar-refractivity contribution in [3.8, 4) is 5.75 Å². The predicted octanol–water partition coefficient (Wildman–Crippen LogP) is 1.98. The maximum atomic E-state index is 12.5. The molecule has 0 bridgehead atoms. The summed E-state index contributed by atoms with van der Waals surface area (Å²) in [5, 5.41) is 5.72. The molecule has 1 atom stereocenters.